The number of rotatable bonds is 3. The number of carbonyl (C=O) groups is 1. The van der Waals surface area contributed by atoms with Crippen LogP contribution in [0.1, 0.15) is 5.56 Å². The van der Waals surface area contributed by atoms with Gasteiger partial charge in [0.05, 0.1) is 22.2 Å². The Balaban J connectivity index is 1.61. The summed E-state index contributed by atoms with van der Waals surface area (Å²) in [7, 11) is 0. The van der Waals surface area contributed by atoms with Gasteiger partial charge in [-0.05, 0) is 17.7 Å². The van der Waals surface area contributed by atoms with Crippen LogP contribution in [0.3, 0.4) is 0 Å². The molecule has 1 fully saturated rings. The summed E-state index contributed by atoms with van der Waals surface area (Å²) in [5.74, 6) is 0.168. The normalized spacial score (nSPS) is 14.9. The van der Waals surface area contributed by atoms with Crippen LogP contribution in [-0.4, -0.2) is 37.0 Å². The van der Waals surface area contributed by atoms with E-state index in [0.717, 1.165) is 24.3 Å². The molecule has 0 aliphatic carbocycles. The molecule has 1 saturated heterocycles. The lowest BCUT2D eigenvalue weighted by Gasteiger charge is -2.37. The SMILES string of the molecule is O=C(Cc1ccccc1)N1CCN(c2c(Cl)cccc2Cl)CC1. The second-order valence-electron chi connectivity index (χ2n) is 5.60. The molecule has 0 radical (unpaired) electrons. The van der Waals surface area contributed by atoms with E-state index < -0.39 is 0 Å². The minimum atomic E-state index is 0.168. The van der Waals surface area contributed by atoms with Crippen molar-refractivity contribution in [3.8, 4) is 0 Å². The fraction of sp³-hybridized carbons (Fsp3) is 0.278. The van der Waals surface area contributed by atoms with Gasteiger partial charge in [-0.15, -0.1) is 0 Å². The summed E-state index contributed by atoms with van der Waals surface area (Å²) < 4.78 is 0. The Kier molecular flexibility index (Phi) is 5.09. The molecule has 0 unspecified atom stereocenters. The van der Waals surface area contributed by atoms with Crippen LogP contribution in [0.25, 0.3) is 0 Å². The van der Waals surface area contributed by atoms with Crippen LogP contribution < -0.4 is 4.90 Å². The largest absolute Gasteiger partial charge is 0.366 e. The summed E-state index contributed by atoms with van der Waals surface area (Å²) in [6.45, 7) is 2.86. The molecule has 0 atom stereocenters. The first kappa shape index (κ1) is 16.2. The fourth-order valence-corrected chi connectivity index (χ4v) is 3.49. The van der Waals surface area contributed by atoms with Crippen molar-refractivity contribution in [2.45, 2.75) is 6.42 Å². The molecule has 2 aromatic carbocycles. The van der Waals surface area contributed by atoms with Gasteiger partial charge >= 0.3 is 0 Å². The highest BCUT2D eigenvalue weighted by Gasteiger charge is 2.23. The number of halogens is 2. The third kappa shape index (κ3) is 3.80. The smallest absolute Gasteiger partial charge is 0.227 e. The average Bonchev–Trinajstić information content (AvgIpc) is 2.56. The van der Waals surface area contributed by atoms with E-state index >= 15 is 0 Å². The van der Waals surface area contributed by atoms with Crippen LogP contribution >= 0.6 is 23.2 Å². The van der Waals surface area contributed by atoms with Crippen molar-refractivity contribution in [1.82, 2.24) is 4.90 Å². The maximum atomic E-state index is 12.4. The highest BCUT2D eigenvalue weighted by atomic mass is 35.5. The number of para-hydroxylation sites is 1. The predicted octanol–water partition coefficient (Wildman–Crippen LogP) is 3.88. The molecule has 1 amide bonds. The molecule has 0 aromatic heterocycles. The Morgan fingerprint density at radius 3 is 2.09 bits per heavy atom. The standard InChI is InChI=1S/C18H18Cl2N2O/c19-15-7-4-8-16(20)18(15)22-11-9-21(10-12-22)17(23)13-14-5-2-1-3-6-14/h1-8H,9-13H2. The lowest BCUT2D eigenvalue weighted by atomic mass is 10.1. The zero-order valence-corrected chi connectivity index (χ0v) is 14.2. The Hall–Kier alpha value is -1.71. The first-order valence-electron chi connectivity index (χ1n) is 7.66. The molecule has 1 aliphatic heterocycles. The van der Waals surface area contributed by atoms with E-state index in [1.807, 2.05) is 53.4 Å². The van der Waals surface area contributed by atoms with Crippen molar-refractivity contribution < 1.29 is 4.79 Å². The quantitative estimate of drug-likeness (QED) is 0.840. The van der Waals surface area contributed by atoms with Crippen LogP contribution in [0.4, 0.5) is 5.69 Å². The lowest BCUT2D eigenvalue weighted by molar-refractivity contribution is -0.130. The Labute approximate surface area is 146 Å². The molecular weight excluding hydrogens is 331 g/mol. The van der Waals surface area contributed by atoms with E-state index in [0.29, 0.717) is 29.6 Å². The maximum absolute atomic E-state index is 12.4. The van der Waals surface area contributed by atoms with Crippen molar-refractivity contribution in [2.75, 3.05) is 31.1 Å². The van der Waals surface area contributed by atoms with Gasteiger partial charge in [0.1, 0.15) is 0 Å². The summed E-state index contributed by atoms with van der Waals surface area (Å²) in [6.07, 6.45) is 0.452. The molecule has 1 heterocycles. The van der Waals surface area contributed by atoms with Gasteiger partial charge < -0.3 is 9.80 Å². The molecular formula is C18H18Cl2N2O. The predicted molar refractivity (Wildman–Crippen MR) is 95.4 cm³/mol. The lowest BCUT2D eigenvalue weighted by Crippen LogP contribution is -2.49. The second-order valence-corrected chi connectivity index (χ2v) is 6.41. The Bertz CT molecular complexity index is 662. The van der Waals surface area contributed by atoms with Crippen LogP contribution in [0.5, 0.6) is 0 Å². The highest BCUT2D eigenvalue weighted by Crippen LogP contribution is 2.34. The molecule has 3 nitrogen and oxygen atoms in total. The Morgan fingerprint density at radius 2 is 1.48 bits per heavy atom. The summed E-state index contributed by atoms with van der Waals surface area (Å²) in [5.41, 5.74) is 1.92. The summed E-state index contributed by atoms with van der Waals surface area (Å²) >= 11 is 12.5. The van der Waals surface area contributed by atoms with Gasteiger partial charge in [-0.3, -0.25) is 4.79 Å². The number of carbonyl (C=O) groups excluding carboxylic acids is 1. The van der Waals surface area contributed by atoms with Gasteiger partial charge in [0.15, 0.2) is 0 Å². The monoisotopic (exact) mass is 348 g/mol. The zero-order valence-electron chi connectivity index (χ0n) is 12.7. The summed E-state index contributed by atoms with van der Waals surface area (Å²) in [5, 5.41) is 1.31. The fourth-order valence-electron chi connectivity index (χ4n) is 2.85. The molecule has 2 aromatic rings. The summed E-state index contributed by atoms with van der Waals surface area (Å²) in [6, 6.07) is 15.4. The van der Waals surface area contributed by atoms with Crippen LogP contribution in [-0.2, 0) is 11.2 Å². The van der Waals surface area contributed by atoms with Crippen molar-refractivity contribution in [1.29, 1.82) is 0 Å². The van der Waals surface area contributed by atoms with Crippen molar-refractivity contribution in [3.63, 3.8) is 0 Å². The van der Waals surface area contributed by atoms with Crippen molar-refractivity contribution in [3.05, 3.63) is 64.1 Å². The molecule has 0 bridgehead atoms. The first-order chi connectivity index (χ1) is 11.1. The zero-order chi connectivity index (χ0) is 16.2. The second kappa shape index (κ2) is 7.24. The number of anilines is 1. The molecule has 0 spiro atoms. The molecule has 5 heteroatoms. The van der Waals surface area contributed by atoms with E-state index in [1.165, 1.54) is 0 Å². The third-order valence-corrected chi connectivity index (χ3v) is 4.69. The van der Waals surface area contributed by atoms with E-state index in [4.69, 9.17) is 23.2 Å². The molecule has 0 saturated carbocycles. The van der Waals surface area contributed by atoms with Gasteiger partial charge in [0.2, 0.25) is 5.91 Å². The van der Waals surface area contributed by atoms with E-state index in [2.05, 4.69) is 4.90 Å². The highest BCUT2D eigenvalue weighted by molar-refractivity contribution is 6.39. The van der Waals surface area contributed by atoms with Crippen LogP contribution in [0, 0.1) is 0 Å². The maximum Gasteiger partial charge on any atom is 0.227 e. The van der Waals surface area contributed by atoms with Crippen LogP contribution in [0.15, 0.2) is 48.5 Å². The first-order valence-corrected chi connectivity index (χ1v) is 8.41. The number of amides is 1. The molecule has 3 rings (SSSR count). The van der Waals surface area contributed by atoms with Gasteiger partial charge in [-0.2, -0.15) is 0 Å². The molecule has 23 heavy (non-hydrogen) atoms. The number of nitrogens with zero attached hydrogens (tertiary/aromatic N) is 2. The number of piperazine rings is 1. The summed E-state index contributed by atoms with van der Waals surface area (Å²) in [4.78, 5) is 16.5. The van der Waals surface area contributed by atoms with Gasteiger partial charge in [0.25, 0.3) is 0 Å². The van der Waals surface area contributed by atoms with Crippen LogP contribution in [0.2, 0.25) is 10.0 Å². The Morgan fingerprint density at radius 1 is 0.870 bits per heavy atom. The average molecular weight is 349 g/mol. The minimum absolute atomic E-state index is 0.168. The third-order valence-electron chi connectivity index (χ3n) is 4.08. The topological polar surface area (TPSA) is 23.6 Å². The van der Waals surface area contributed by atoms with Crippen molar-refractivity contribution in [2.24, 2.45) is 0 Å². The molecule has 0 N–H and O–H groups in total. The number of benzene rings is 2. The van der Waals surface area contributed by atoms with E-state index in [9.17, 15) is 4.79 Å². The van der Waals surface area contributed by atoms with Gasteiger partial charge in [0, 0.05) is 26.2 Å². The number of hydrogen-bond donors (Lipinski definition) is 0. The number of hydrogen-bond acceptors (Lipinski definition) is 2. The minimum Gasteiger partial charge on any atom is -0.366 e. The van der Waals surface area contributed by atoms with Gasteiger partial charge in [-0.25, -0.2) is 0 Å². The van der Waals surface area contributed by atoms with Crippen molar-refractivity contribution >= 4 is 34.8 Å². The van der Waals surface area contributed by atoms with E-state index in [1.54, 1.807) is 0 Å². The molecule has 120 valence electrons. The van der Waals surface area contributed by atoms with Gasteiger partial charge in [-0.1, -0.05) is 59.6 Å². The van der Waals surface area contributed by atoms with E-state index in [-0.39, 0.29) is 5.91 Å². The molecule has 1 aliphatic rings.